The molecule has 0 radical (unpaired) electrons. The van der Waals surface area contributed by atoms with Crippen LogP contribution in [0.2, 0.25) is 0 Å². The first-order valence-electron chi connectivity index (χ1n) is 10.6. The Hall–Kier alpha value is -2.94. The maximum Gasteiger partial charge on any atom is 0.124 e. The van der Waals surface area contributed by atoms with Gasteiger partial charge in [-0.2, -0.15) is 0 Å². The minimum Gasteiger partial charge on any atom is -0.497 e. The van der Waals surface area contributed by atoms with Gasteiger partial charge < -0.3 is 14.2 Å². The first kappa shape index (κ1) is 20.3. The number of ether oxygens (including phenoxy) is 3. The van der Waals surface area contributed by atoms with E-state index < -0.39 is 0 Å². The number of hydrogen-bond acceptors (Lipinski definition) is 3. The first-order valence-corrected chi connectivity index (χ1v) is 10.6. The van der Waals surface area contributed by atoms with Gasteiger partial charge in [0.05, 0.1) is 13.0 Å². The van der Waals surface area contributed by atoms with Gasteiger partial charge in [0, 0.05) is 5.56 Å². The molecule has 0 spiro atoms. The molecule has 1 unspecified atom stereocenters. The molecule has 0 amide bonds. The van der Waals surface area contributed by atoms with Crippen molar-refractivity contribution in [2.75, 3.05) is 7.11 Å². The summed E-state index contributed by atoms with van der Waals surface area (Å²) < 4.78 is 17.6. The highest BCUT2D eigenvalue weighted by Crippen LogP contribution is 2.49. The van der Waals surface area contributed by atoms with Crippen LogP contribution in [-0.2, 0) is 6.61 Å². The molecule has 1 aliphatic rings. The Bertz CT molecular complexity index is 1000. The van der Waals surface area contributed by atoms with Crippen molar-refractivity contribution in [2.45, 2.75) is 51.7 Å². The van der Waals surface area contributed by atoms with Gasteiger partial charge in [-0.1, -0.05) is 50.2 Å². The van der Waals surface area contributed by atoms with Crippen molar-refractivity contribution in [2.24, 2.45) is 0 Å². The lowest BCUT2D eigenvalue weighted by atomic mass is 9.81. The number of rotatable bonds is 6. The van der Waals surface area contributed by atoms with Crippen LogP contribution in [0.3, 0.4) is 0 Å². The van der Waals surface area contributed by atoms with E-state index in [0.29, 0.717) is 12.5 Å². The number of fused-ring (bicyclic) bond motifs is 1. The van der Waals surface area contributed by atoms with E-state index in [0.717, 1.165) is 22.8 Å². The van der Waals surface area contributed by atoms with Crippen LogP contribution >= 0.6 is 0 Å². The molecule has 0 saturated heterocycles. The summed E-state index contributed by atoms with van der Waals surface area (Å²) in [4.78, 5) is 0. The fourth-order valence-electron chi connectivity index (χ4n) is 4.19. The highest BCUT2D eigenvalue weighted by atomic mass is 16.5. The Morgan fingerprint density at radius 1 is 0.900 bits per heavy atom. The second-order valence-electron chi connectivity index (χ2n) is 8.80. The van der Waals surface area contributed by atoms with Crippen molar-refractivity contribution in [3.05, 3.63) is 89.0 Å². The van der Waals surface area contributed by atoms with Gasteiger partial charge in [0.25, 0.3) is 0 Å². The third-order valence-corrected chi connectivity index (χ3v) is 5.86. The summed E-state index contributed by atoms with van der Waals surface area (Å²) in [6, 6.07) is 23.1. The quantitative estimate of drug-likeness (QED) is 0.459. The van der Waals surface area contributed by atoms with Crippen molar-refractivity contribution >= 4 is 0 Å². The molecular weight excluding hydrogens is 372 g/mol. The minimum absolute atomic E-state index is 0.165. The Kier molecular flexibility index (Phi) is 5.46. The summed E-state index contributed by atoms with van der Waals surface area (Å²) in [5.41, 5.74) is 4.61. The molecule has 1 aliphatic heterocycles. The van der Waals surface area contributed by atoms with Crippen LogP contribution in [0, 0.1) is 0 Å². The fraction of sp³-hybridized carbons (Fsp3) is 0.333. The van der Waals surface area contributed by atoms with Gasteiger partial charge in [-0.15, -0.1) is 0 Å². The predicted molar refractivity (Wildman–Crippen MR) is 121 cm³/mol. The van der Waals surface area contributed by atoms with Gasteiger partial charge in [-0.25, -0.2) is 0 Å². The van der Waals surface area contributed by atoms with Crippen LogP contribution in [0.4, 0.5) is 0 Å². The van der Waals surface area contributed by atoms with Gasteiger partial charge >= 0.3 is 0 Å². The van der Waals surface area contributed by atoms with Crippen LogP contribution in [0.1, 0.15) is 61.8 Å². The zero-order valence-corrected chi connectivity index (χ0v) is 18.4. The summed E-state index contributed by atoms with van der Waals surface area (Å²) in [5.74, 6) is 3.33. The monoisotopic (exact) mass is 402 g/mol. The predicted octanol–water partition coefficient (Wildman–Crippen LogP) is 6.70. The van der Waals surface area contributed by atoms with E-state index >= 15 is 0 Å². The van der Waals surface area contributed by atoms with Crippen LogP contribution in [0.5, 0.6) is 17.2 Å². The van der Waals surface area contributed by atoms with E-state index in [4.69, 9.17) is 14.2 Å². The van der Waals surface area contributed by atoms with Crippen molar-refractivity contribution in [3.8, 4) is 17.2 Å². The average molecular weight is 403 g/mol. The standard InChI is InChI=1S/C27H30O3/c1-18(2)20-8-10-21(11-9-20)26-24-16-23(14-15-25(24)30-27(26,3)4)29-17-19-6-12-22(28-5)13-7-19/h6-16,18,26H,17H2,1-5H3. The normalized spacial score (nSPS) is 16.8. The number of benzene rings is 3. The van der Waals surface area contributed by atoms with E-state index in [-0.39, 0.29) is 11.5 Å². The maximum absolute atomic E-state index is 6.31. The molecule has 3 aromatic carbocycles. The summed E-state index contributed by atoms with van der Waals surface area (Å²) in [5, 5.41) is 0. The largest absolute Gasteiger partial charge is 0.497 e. The van der Waals surface area contributed by atoms with Crippen molar-refractivity contribution in [1.29, 1.82) is 0 Å². The highest BCUT2D eigenvalue weighted by Gasteiger charge is 2.42. The third-order valence-electron chi connectivity index (χ3n) is 5.86. The molecule has 0 aliphatic carbocycles. The van der Waals surface area contributed by atoms with E-state index in [1.807, 2.05) is 36.4 Å². The smallest absolute Gasteiger partial charge is 0.124 e. The SMILES string of the molecule is COc1ccc(COc2ccc3c(c2)C(c2ccc(C(C)C)cc2)C(C)(C)O3)cc1. The van der Waals surface area contributed by atoms with Crippen LogP contribution < -0.4 is 14.2 Å². The van der Waals surface area contributed by atoms with Gasteiger partial charge in [-0.3, -0.25) is 0 Å². The molecule has 0 bridgehead atoms. The minimum atomic E-state index is -0.309. The second-order valence-corrected chi connectivity index (χ2v) is 8.80. The summed E-state index contributed by atoms with van der Waals surface area (Å²) >= 11 is 0. The highest BCUT2D eigenvalue weighted by molar-refractivity contribution is 5.52. The lowest BCUT2D eigenvalue weighted by Crippen LogP contribution is -2.30. The molecule has 0 N–H and O–H groups in total. The molecule has 0 aromatic heterocycles. The molecular formula is C27H30O3. The van der Waals surface area contributed by atoms with Crippen molar-refractivity contribution < 1.29 is 14.2 Å². The van der Waals surface area contributed by atoms with Gasteiger partial charge in [0.2, 0.25) is 0 Å². The molecule has 0 fully saturated rings. The summed E-state index contributed by atoms with van der Waals surface area (Å²) in [6.45, 7) is 9.28. The van der Waals surface area contributed by atoms with Crippen LogP contribution in [-0.4, -0.2) is 12.7 Å². The molecule has 156 valence electrons. The average Bonchev–Trinajstić information content (AvgIpc) is 3.01. The lowest BCUT2D eigenvalue weighted by molar-refractivity contribution is 0.122. The number of methoxy groups -OCH3 is 1. The zero-order valence-electron chi connectivity index (χ0n) is 18.4. The molecule has 3 nitrogen and oxygen atoms in total. The molecule has 30 heavy (non-hydrogen) atoms. The summed E-state index contributed by atoms with van der Waals surface area (Å²) in [6.07, 6.45) is 0. The van der Waals surface area contributed by atoms with E-state index in [1.54, 1.807) is 7.11 Å². The van der Waals surface area contributed by atoms with Crippen LogP contribution in [0.15, 0.2) is 66.7 Å². The van der Waals surface area contributed by atoms with Crippen molar-refractivity contribution in [1.82, 2.24) is 0 Å². The van der Waals surface area contributed by atoms with Crippen LogP contribution in [0.25, 0.3) is 0 Å². The molecule has 1 heterocycles. The topological polar surface area (TPSA) is 27.7 Å². The Balaban J connectivity index is 1.57. The molecule has 0 saturated carbocycles. The lowest BCUT2D eigenvalue weighted by Gasteiger charge is -2.27. The van der Waals surface area contributed by atoms with E-state index in [1.165, 1.54) is 16.7 Å². The maximum atomic E-state index is 6.31. The van der Waals surface area contributed by atoms with Gasteiger partial charge in [0.1, 0.15) is 29.5 Å². The van der Waals surface area contributed by atoms with E-state index in [2.05, 4.69) is 58.0 Å². The molecule has 3 aromatic rings. The molecule has 1 atom stereocenters. The van der Waals surface area contributed by atoms with Gasteiger partial charge in [-0.05, 0) is 66.8 Å². The van der Waals surface area contributed by atoms with E-state index in [9.17, 15) is 0 Å². The van der Waals surface area contributed by atoms with Crippen molar-refractivity contribution in [3.63, 3.8) is 0 Å². The first-order chi connectivity index (χ1) is 14.4. The Labute approximate surface area is 179 Å². The second kappa shape index (κ2) is 8.06. The molecule has 4 rings (SSSR count). The van der Waals surface area contributed by atoms with Gasteiger partial charge in [0.15, 0.2) is 0 Å². The fourth-order valence-corrected chi connectivity index (χ4v) is 4.19. The summed E-state index contributed by atoms with van der Waals surface area (Å²) in [7, 11) is 1.67. The zero-order chi connectivity index (χ0) is 21.3. The Morgan fingerprint density at radius 3 is 2.20 bits per heavy atom. The third kappa shape index (κ3) is 4.02. The number of hydrogen-bond donors (Lipinski definition) is 0. The Morgan fingerprint density at radius 2 is 1.57 bits per heavy atom. The molecule has 3 heteroatoms.